The largest absolute Gasteiger partial charge is 0.467 e. The zero-order valence-electron chi connectivity index (χ0n) is 14.7. The fourth-order valence-corrected chi connectivity index (χ4v) is 4.02. The van der Waals surface area contributed by atoms with E-state index in [0.29, 0.717) is 11.7 Å². The summed E-state index contributed by atoms with van der Waals surface area (Å²) in [6.07, 6.45) is 1.70. The molecule has 3 nitrogen and oxygen atoms in total. The summed E-state index contributed by atoms with van der Waals surface area (Å²) in [5.74, 6) is 0.896. The summed E-state index contributed by atoms with van der Waals surface area (Å²) in [6, 6.07) is 14.6. The van der Waals surface area contributed by atoms with Crippen LogP contribution in [0.15, 0.2) is 58.5 Å². The van der Waals surface area contributed by atoms with Crippen LogP contribution in [-0.4, -0.2) is 10.0 Å². The Hall–Kier alpha value is -2.11. The van der Waals surface area contributed by atoms with Crippen LogP contribution in [0, 0.1) is 13.8 Å². The second-order valence-electron chi connectivity index (χ2n) is 6.21. The first kappa shape index (κ1) is 17.7. The summed E-state index contributed by atoms with van der Waals surface area (Å²) in [4.78, 5) is 3.44. The van der Waals surface area contributed by atoms with E-state index in [1.807, 2.05) is 12.1 Å². The van der Waals surface area contributed by atoms with Gasteiger partial charge in [-0.2, -0.15) is 0 Å². The Labute approximate surface area is 158 Å². The third kappa shape index (κ3) is 4.50. The molecule has 0 saturated carbocycles. The van der Waals surface area contributed by atoms with Crippen LogP contribution in [0.5, 0.6) is 0 Å². The van der Waals surface area contributed by atoms with Crippen molar-refractivity contribution in [2.24, 2.45) is 0 Å². The van der Waals surface area contributed by atoms with Crippen molar-refractivity contribution in [1.82, 2.24) is 4.90 Å². The normalized spacial score (nSPS) is 12.0. The van der Waals surface area contributed by atoms with Gasteiger partial charge >= 0.3 is 0 Å². The molecule has 0 bridgehead atoms. The maximum atomic E-state index is 5.75. The summed E-state index contributed by atoms with van der Waals surface area (Å²) in [5, 5.41) is 6.19. The molecule has 2 heterocycles. The van der Waals surface area contributed by atoms with E-state index in [9.17, 15) is 0 Å². The standard InChI is InChI=1S/C20H22N2OS2/c1-14-10-15(2)12-17(11-14)21-20(24)22(13-18-6-4-8-23-18)16(3)19-7-5-9-25-19/h4-12,16H,13H2,1-3H3,(H,21,24). The molecule has 3 aromatic rings. The summed E-state index contributed by atoms with van der Waals surface area (Å²) in [5.41, 5.74) is 3.45. The lowest BCUT2D eigenvalue weighted by molar-refractivity contribution is 0.306. The Kier molecular flexibility index (Phi) is 5.56. The highest BCUT2D eigenvalue weighted by molar-refractivity contribution is 7.80. The average molecular weight is 371 g/mol. The number of nitrogens with zero attached hydrogens (tertiary/aromatic N) is 1. The van der Waals surface area contributed by atoms with E-state index in [1.165, 1.54) is 16.0 Å². The molecular formula is C20H22N2OS2. The van der Waals surface area contributed by atoms with E-state index in [0.717, 1.165) is 11.4 Å². The third-order valence-corrected chi connectivity index (χ3v) is 5.44. The van der Waals surface area contributed by atoms with Crippen molar-refractivity contribution in [1.29, 1.82) is 0 Å². The molecule has 0 amide bonds. The molecule has 1 N–H and O–H groups in total. The molecule has 2 aromatic heterocycles. The Morgan fingerprint density at radius 1 is 1.20 bits per heavy atom. The summed E-state index contributed by atoms with van der Waals surface area (Å²) >= 11 is 7.49. The molecular weight excluding hydrogens is 348 g/mol. The number of anilines is 1. The van der Waals surface area contributed by atoms with E-state index >= 15 is 0 Å². The minimum atomic E-state index is 0.163. The zero-order chi connectivity index (χ0) is 17.8. The molecule has 1 unspecified atom stereocenters. The predicted octanol–water partition coefficient (Wildman–Crippen LogP) is 5.92. The van der Waals surface area contributed by atoms with Gasteiger partial charge in [-0.1, -0.05) is 12.1 Å². The van der Waals surface area contributed by atoms with Crippen molar-refractivity contribution in [3.8, 4) is 0 Å². The van der Waals surface area contributed by atoms with Gasteiger partial charge in [0.15, 0.2) is 5.11 Å². The zero-order valence-corrected chi connectivity index (χ0v) is 16.3. The third-order valence-electron chi connectivity index (χ3n) is 4.06. The van der Waals surface area contributed by atoms with Crippen molar-refractivity contribution in [2.75, 3.05) is 5.32 Å². The lowest BCUT2D eigenvalue weighted by Crippen LogP contribution is -2.36. The smallest absolute Gasteiger partial charge is 0.174 e. The predicted molar refractivity (Wildman–Crippen MR) is 109 cm³/mol. The van der Waals surface area contributed by atoms with E-state index in [-0.39, 0.29) is 6.04 Å². The Balaban J connectivity index is 1.83. The highest BCUT2D eigenvalue weighted by Crippen LogP contribution is 2.27. The monoisotopic (exact) mass is 370 g/mol. The topological polar surface area (TPSA) is 28.4 Å². The van der Waals surface area contributed by atoms with Gasteiger partial charge in [0.1, 0.15) is 5.76 Å². The fraction of sp³-hybridized carbons (Fsp3) is 0.250. The quantitative estimate of drug-likeness (QED) is 0.565. The first-order valence-electron chi connectivity index (χ1n) is 8.24. The van der Waals surface area contributed by atoms with Gasteiger partial charge in [-0.15, -0.1) is 11.3 Å². The van der Waals surface area contributed by atoms with Crippen LogP contribution in [0.2, 0.25) is 0 Å². The van der Waals surface area contributed by atoms with Gasteiger partial charge in [0.25, 0.3) is 0 Å². The lowest BCUT2D eigenvalue weighted by atomic mass is 10.1. The van der Waals surface area contributed by atoms with Gasteiger partial charge in [-0.3, -0.25) is 0 Å². The molecule has 0 fully saturated rings. The van der Waals surface area contributed by atoms with Gasteiger partial charge in [-0.05, 0) is 79.8 Å². The number of aryl methyl sites for hydroxylation is 2. The van der Waals surface area contributed by atoms with Crippen molar-refractivity contribution < 1.29 is 4.42 Å². The lowest BCUT2D eigenvalue weighted by Gasteiger charge is -2.30. The van der Waals surface area contributed by atoms with Gasteiger partial charge in [0.05, 0.1) is 18.8 Å². The number of thiocarbonyl (C=S) groups is 1. The molecule has 0 aliphatic carbocycles. The minimum absolute atomic E-state index is 0.163. The van der Waals surface area contributed by atoms with Crippen LogP contribution >= 0.6 is 23.6 Å². The van der Waals surface area contributed by atoms with Crippen molar-refractivity contribution in [3.05, 3.63) is 75.9 Å². The number of rotatable bonds is 5. The summed E-state index contributed by atoms with van der Waals surface area (Å²) < 4.78 is 5.54. The van der Waals surface area contributed by atoms with Gasteiger partial charge in [-0.25, -0.2) is 0 Å². The molecule has 0 aliphatic rings. The molecule has 0 spiro atoms. The second-order valence-corrected chi connectivity index (χ2v) is 7.57. The van der Waals surface area contributed by atoms with Gasteiger partial charge < -0.3 is 14.6 Å². The fourth-order valence-electron chi connectivity index (χ4n) is 2.88. The summed E-state index contributed by atoms with van der Waals surface area (Å²) in [6.45, 7) is 6.99. The molecule has 5 heteroatoms. The van der Waals surface area contributed by atoms with Crippen LogP contribution in [0.1, 0.15) is 34.7 Å². The van der Waals surface area contributed by atoms with E-state index in [4.69, 9.17) is 16.6 Å². The molecule has 1 atom stereocenters. The molecule has 25 heavy (non-hydrogen) atoms. The highest BCUT2D eigenvalue weighted by Gasteiger charge is 2.21. The van der Waals surface area contributed by atoms with Crippen molar-refractivity contribution >= 4 is 34.4 Å². The van der Waals surface area contributed by atoms with Crippen LogP contribution < -0.4 is 5.32 Å². The summed E-state index contributed by atoms with van der Waals surface area (Å²) in [7, 11) is 0. The maximum Gasteiger partial charge on any atom is 0.174 e. The van der Waals surface area contributed by atoms with Gasteiger partial charge in [0, 0.05) is 10.6 Å². The molecule has 0 radical (unpaired) electrons. The first-order chi connectivity index (χ1) is 12.0. The number of nitrogens with one attached hydrogen (secondary N) is 1. The van der Waals surface area contributed by atoms with E-state index < -0.39 is 0 Å². The number of benzene rings is 1. The van der Waals surface area contributed by atoms with E-state index in [2.05, 4.69) is 66.7 Å². The number of furan rings is 1. The number of hydrogen-bond donors (Lipinski definition) is 1. The Bertz CT molecular complexity index is 805. The molecule has 3 rings (SSSR count). The Morgan fingerprint density at radius 3 is 2.56 bits per heavy atom. The second kappa shape index (κ2) is 7.85. The van der Waals surface area contributed by atoms with Crippen LogP contribution in [0.25, 0.3) is 0 Å². The van der Waals surface area contributed by atoms with E-state index in [1.54, 1.807) is 17.6 Å². The van der Waals surface area contributed by atoms with Gasteiger partial charge in [0.2, 0.25) is 0 Å². The molecule has 130 valence electrons. The number of hydrogen-bond acceptors (Lipinski definition) is 3. The van der Waals surface area contributed by atoms with Crippen molar-refractivity contribution in [3.63, 3.8) is 0 Å². The highest BCUT2D eigenvalue weighted by atomic mass is 32.1. The first-order valence-corrected chi connectivity index (χ1v) is 9.53. The SMILES string of the molecule is Cc1cc(C)cc(NC(=S)N(Cc2ccco2)C(C)c2cccs2)c1. The molecule has 0 aliphatic heterocycles. The van der Waals surface area contributed by atoms with Crippen LogP contribution in [-0.2, 0) is 6.54 Å². The number of thiophene rings is 1. The maximum absolute atomic E-state index is 5.75. The molecule has 1 aromatic carbocycles. The average Bonchev–Trinajstić information content (AvgIpc) is 3.24. The molecule has 0 saturated heterocycles. The van der Waals surface area contributed by atoms with Crippen molar-refractivity contribution in [2.45, 2.75) is 33.4 Å². The van der Waals surface area contributed by atoms with Crippen LogP contribution in [0.3, 0.4) is 0 Å². The minimum Gasteiger partial charge on any atom is -0.467 e. The Morgan fingerprint density at radius 2 is 1.96 bits per heavy atom. The van der Waals surface area contributed by atoms with Crippen LogP contribution in [0.4, 0.5) is 5.69 Å².